The van der Waals surface area contributed by atoms with Crippen molar-refractivity contribution >= 4 is 33.7 Å². The van der Waals surface area contributed by atoms with Crippen molar-refractivity contribution < 1.29 is 27.1 Å². The lowest BCUT2D eigenvalue weighted by atomic mass is 9.97. The van der Waals surface area contributed by atoms with Gasteiger partial charge in [0.2, 0.25) is 15.9 Å². The summed E-state index contributed by atoms with van der Waals surface area (Å²) >= 11 is 0. The minimum absolute atomic E-state index is 0.145. The molecule has 1 saturated heterocycles. The monoisotopic (exact) mass is 460 g/mol. The highest BCUT2D eigenvalue weighted by molar-refractivity contribution is 7.89. The Morgan fingerprint density at radius 3 is 2.41 bits per heavy atom. The number of nitrogens with one attached hydrogen (secondary N) is 1. The van der Waals surface area contributed by atoms with E-state index in [9.17, 15) is 22.4 Å². The van der Waals surface area contributed by atoms with Crippen LogP contribution in [0.1, 0.15) is 25.3 Å². The van der Waals surface area contributed by atoms with E-state index in [2.05, 4.69) is 5.32 Å². The van der Waals surface area contributed by atoms with Gasteiger partial charge in [-0.2, -0.15) is 4.31 Å². The highest BCUT2D eigenvalue weighted by atomic mass is 32.2. The predicted molar refractivity (Wildman–Crippen MR) is 119 cm³/mol. The van der Waals surface area contributed by atoms with Crippen LogP contribution in [0.25, 0.3) is 6.08 Å². The molecule has 0 atom stereocenters. The molecule has 7 nitrogen and oxygen atoms in total. The van der Waals surface area contributed by atoms with E-state index in [1.165, 1.54) is 28.6 Å². The molecule has 1 N–H and O–H groups in total. The third kappa shape index (κ3) is 5.80. The number of esters is 1. The molecule has 0 saturated carbocycles. The summed E-state index contributed by atoms with van der Waals surface area (Å²) in [5.41, 5.74) is 1.38. The number of ether oxygens (including phenoxy) is 1. The summed E-state index contributed by atoms with van der Waals surface area (Å²) in [6.07, 6.45) is 3.65. The first-order valence-electron chi connectivity index (χ1n) is 10.3. The predicted octanol–water partition coefficient (Wildman–Crippen LogP) is 3.44. The molecule has 2 aromatic rings. The summed E-state index contributed by atoms with van der Waals surface area (Å²) < 4.78 is 45.4. The van der Waals surface area contributed by atoms with Crippen molar-refractivity contribution in [2.45, 2.75) is 24.7 Å². The molecule has 1 heterocycles. The number of benzene rings is 2. The van der Waals surface area contributed by atoms with Crippen LogP contribution in [0, 0.1) is 11.7 Å². The van der Waals surface area contributed by atoms with Gasteiger partial charge >= 0.3 is 5.97 Å². The highest BCUT2D eigenvalue weighted by Gasteiger charge is 2.33. The maximum Gasteiger partial charge on any atom is 0.330 e. The SMILES string of the molecule is CCOC(=O)/C=C/c1ccc(NC(=O)C2CCN(S(=O)(=O)c3ccccc3F)CC2)cc1. The van der Waals surface area contributed by atoms with E-state index in [4.69, 9.17) is 4.74 Å². The van der Waals surface area contributed by atoms with Gasteiger partial charge in [-0.3, -0.25) is 4.79 Å². The second-order valence-corrected chi connectivity index (χ2v) is 9.21. The molecule has 3 rings (SSSR count). The van der Waals surface area contributed by atoms with Crippen molar-refractivity contribution in [2.24, 2.45) is 5.92 Å². The van der Waals surface area contributed by atoms with Gasteiger partial charge in [-0.05, 0) is 55.7 Å². The van der Waals surface area contributed by atoms with Crippen LogP contribution in [0.4, 0.5) is 10.1 Å². The lowest BCUT2D eigenvalue weighted by Crippen LogP contribution is -2.41. The maximum absolute atomic E-state index is 13.9. The lowest BCUT2D eigenvalue weighted by Gasteiger charge is -2.30. The van der Waals surface area contributed by atoms with Gasteiger partial charge in [0, 0.05) is 30.8 Å². The average Bonchev–Trinajstić information content (AvgIpc) is 2.79. The Hall–Kier alpha value is -3.04. The van der Waals surface area contributed by atoms with Gasteiger partial charge in [0.05, 0.1) is 6.61 Å². The van der Waals surface area contributed by atoms with Crippen LogP contribution in [0.15, 0.2) is 59.5 Å². The number of carbonyl (C=O) groups excluding carboxylic acids is 2. The zero-order valence-electron chi connectivity index (χ0n) is 17.7. The van der Waals surface area contributed by atoms with Crippen molar-refractivity contribution in [3.63, 3.8) is 0 Å². The highest BCUT2D eigenvalue weighted by Crippen LogP contribution is 2.26. The van der Waals surface area contributed by atoms with Gasteiger partial charge < -0.3 is 10.1 Å². The van der Waals surface area contributed by atoms with Crippen LogP contribution in [-0.4, -0.2) is 44.3 Å². The van der Waals surface area contributed by atoms with Gasteiger partial charge in [-0.15, -0.1) is 0 Å². The average molecular weight is 461 g/mol. The first-order chi connectivity index (χ1) is 15.3. The lowest BCUT2D eigenvalue weighted by molar-refractivity contribution is -0.137. The summed E-state index contributed by atoms with van der Waals surface area (Å²) in [7, 11) is -3.93. The van der Waals surface area contributed by atoms with Crippen LogP contribution < -0.4 is 5.32 Å². The van der Waals surface area contributed by atoms with Gasteiger partial charge in [0.1, 0.15) is 10.7 Å². The molecule has 0 radical (unpaired) electrons. The second kappa shape index (κ2) is 10.5. The molecular formula is C23H25FN2O5S. The second-order valence-electron chi connectivity index (χ2n) is 7.31. The zero-order valence-corrected chi connectivity index (χ0v) is 18.5. The maximum atomic E-state index is 13.9. The van der Waals surface area contributed by atoms with Crippen molar-refractivity contribution in [3.05, 3.63) is 66.0 Å². The van der Waals surface area contributed by atoms with Crippen LogP contribution in [0.2, 0.25) is 0 Å². The fourth-order valence-corrected chi connectivity index (χ4v) is 4.96. The number of halogens is 1. The Kier molecular flexibility index (Phi) is 7.76. The fourth-order valence-electron chi connectivity index (χ4n) is 3.43. The summed E-state index contributed by atoms with van der Waals surface area (Å²) in [6.45, 7) is 2.33. The van der Waals surface area contributed by atoms with Gasteiger partial charge in [-0.25, -0.2) is 17.6 Å². The van der Waals surface area contributed by atoms with E-state index in [0.29, 0.717) is 25.1 Å². The molecule has 0 aromatic heterocycles. The topological polar surface area (TPSA) is 92.8 Å². The van der Waals surface area contributed by atoms with E-state index in [1.807, 2.05) is 0 Å². The number of hydrogen-bond acceptors (Lipinski definition) is 5. The Balaban J connectivity index is 1.55. The molecule has 1 aliphatic heterocycles. The molecule has 9 heteroatoms. The summed E-state index contributed by atoms with van der Waals surface area (Å²) in [6, 6.07) is 12.2. The largest absolute Gasteiger partial charge is 0.463 e. The molecule has 1 fully saturated rings. The van der Waals surface area contributed by atoms with E-state index >= 15 is 0 Å². The van der Waals surface area contributed by atoms with Crippen LogP contribution in [0.3, 0.4) is 0 Å². The Morgan fingerprint density at radius 1 is 1.12 bits per heavy atom. The van der Waals surface area contributed by atoms with Gasteiger partial charge in [0.25, 0.3) is 0 Å². The first kappa shape index (κ1) is 23.6. The molecule has 170 valence electrons. The summed E-state index contributed by atoms with van der Waals surface area (Å²) in [5, 5.41) is 2.84. The Bertz CT molecular complexity index is 1090. The van der Waals surface area contributed by atoms with Crippen molar-refractivity contribution in [1.82, 2.24) is 4.31 Å². The molecule has 0 spiro atoms. The number of sulfonamides is 1. The smallest absolute Gasteiger partial charge is 0.330 e. The third-order valence-corrected chi connectivity index (χ3v) is 7.09. The van der Waals surface area contributed by atoms with Crippen molar-refractivity contribution in [2.75, 3.05) is 25.0 Å². The summed E-state index contributed by atoms with van der Waals surface area (Å²) in [5.74, 6) is -1.74. The molecule has 1 aliphatic rings. The summed E-state index contributed by atoms with van der Waals surface area (Å²) in [4.78, 5) is 23.6. The number of amides is 1. The van der Waals surface area contributed by atoms with Crippen molar-refractivity contribution in [1.29, 1.82) is 0 Å². The molecule has 32 heavy (non-hydrogen) atoms. The quantitative estimate of drug-likeness (QED) is 0.505. The van der Waals surface area contributed by atoms with Crippen LogP contribution >= 0.6 is 0 Å². The molecule has 0 bridgehead atoms. The van der Waals surface area contributed by atoms with Crippen molar-refractivity contribution in [3.8, 4) is 0 Å². The normalized spacial score (nSPS) is 15.6. The zero-order chi connectivity index (χ0) is 23.1. The molecular weight excluding hydrogens is 435 g/mol. The number of carbonyl (C=O) groups is 2. The number of piperidine rings is 1. The number of nitrogens with zero attached hydrogens (tertiary/aromatic N) is 1. The minimum atomic E-state index is -3.93. The van der Waals surface area contributed by atoms with Gasteiger partial charge in [0.15, 0.2) is 0 Å². The minimum Gasteiger partial charge on any atom is -0.463 e. The standard InChI is InChI=1S/C23H25FN2O5S/c1-2-31-22(27)12-9-17-7-10-19(11-8-17)25-23(28)18-13-15-26(16-14-18)32(29,30)21-6-4-3-5-20(21)24/h3-12,18H,2,13-16H2,1H3,(H,25,28)/b12-9+. The number of rotatable bonds is 7. The molecule has 1 amide bonds. The molecule has 0 aliphatic carbocycles. The van der Waals surface area contributed by atoms with Crippen LogP contribution in [-0.2, 0) is 24.3 Å². The van der Waals surface area contributed by atoms with Gasteiger partial charge in [-0.1, -0.05) is 24.3 Å². The van der Waals surface area contributed by atoms with E-state index in [-0.39, 0.29) is 29.8 Å². The van der Waals surface area contributed by atoms with E-state index in [1.54, 1.807) is 37.3 Å². The number of hydrogen-bond donors (Lipinski definition) is 1. The Morgan fingerprint density at radius 2 is 1.78 bits per heavy atom. The Labute approximate surface area is 186 Å². The van der Waals surface area contributed by atoms with E-state index < -0.39 is 21.8 Å². The first-order valence-corrected chi connectivity index (χ1v) is 11.8. The fraction of sp³-hybridized carbons (Fsp3) is 0.304. The molecule has 2 aromatic carbocycles. The van der Waals surface area contributed by atoms with E-state index in [0.717, 1.165) is 11.6 Å². The third-order valence-electron chi connectivity index (χ3n) is 5.16. The van der Waals surface area contributed by atoms with Crippen LogP contribution in [0.5, 0.6) is 0 Å². The number of anilines is 1. The molecule has 0 unspecified atom stereocenters.